The summed E-state index contributed by atoms with van der Waals surface area (Å²) in [5, 5.41) is 7.14. The number of thioether (sulfide) groups is 1. The van der Waals surface area contributed by atoms with Gasteiger partial charge in [0.2, 0.25) is 0 Å². The fourth-order valence-corrected chi connectivity index (χ4v) is 2.91. The van der Waals surface area contributed by atoms with Crippen molar-refractivity contribution < 1.29 is 0 Å². The molecule has 0 heterocycles. The minimum Gasteiger partial charge on any atom is -0.362 e. The summed E-state index contributed by atoms with van der Waals surface area (Å²) in [5.74, 6) is 0.981. The first-order chi connectivity index (χ1) is 10.2. The maximum atomic E-state index is 5.26. The second-order valence-electron chi connectivity index (χ2n) is 4.40. The van der Waals surface area contributed by atoms with E-state index < -0.39 is 0 Å². The van der Waals surface area contributed by atoms with Crippen LogP contribution in [0.5, 0.6) is 0 Å². The molecule has 0 radical (unpaired) electrons. The zero-order valence-electron chi connectivity index (χ0n) is 11.5. The summed E-state index contributed by atoms with van der Waals surface area (Å²) in [5.41, 5.74) is 1.23. The summed E-state index contributed by atoms with van der Waals surface area (Å²) >= 11 is 10.5. The van der Waals surface area contributed by atoms with Crippen molar-refractivity contribution in [3.05, 3.63) is 64.6 Å². The van der Waals surface area contributed by atoms with Crippen molar-refractivity contribution in [2.24, 2.45) is 0 Å². The van der Waals surface area contributed by atoms with Crippen molar-refractivity contribution in [3.8, 4) is 0 Å². The maximum absolute atomic E-state index is 5.26. The Morgan fingerprint density at radius 1 is 1.00 bits per heavy atom. The molecule has 2 nitrogen and oxygen atoms in total. The molecule has 0 aromatic heterocycles. The van der Waals surface area contributed by atoms with Gasteiger partial charge in [0.05, 0.1) is 0 Å². The average Bonchev–Trinajstić information content (AvgIpc) is 2.52. The summed E-state index contributed by atoms with van der Waals surface area (Å²) in [6.45, 7) is 1.61. The van der Waals surface area contributed by atoms with E-state index in [4.69, 9.17) is 12.2 Å². The molecule has 0 aliphatic heterocycles. The molecule has 0 unspecified atom stereocenters. The zero-order chi connectivity index (χ0) is 14.9. The minimum atomic E-state index is 0.704. The normalized spacial score (nSPS) is 10.1. The molecule has 110 valence electrons. The van der Waals surface area contributed by atoms with Gasteiger partial charge in [0.25, 0.3) is 0 Å². The first-order valence-corrected chi connectivity index (χ1v) is 8.87. The molecule has 5 heteroatoms. The van der Waals surface area contributed by atoms with Gasteiger partial charge in [-0.2, -0.15) is 0 Å². The van der Waals surface area contributed by atoms with E-state index in [1.54, 1.807) is 0 Å². The highest BCUT2D eigenvalue weighted by Gasteiger charge is 1.97. The molecule has 0 saturated carbocycles. The minimum absolute atomic E-state index is 0.704. The van der Waals surface area contributed by atoms with Gasteiger partial charge in [-0.25, -0.2) is 0 Å². The Morgan fingerprint density at radius 2 is 1.71 bits per heavy atom. The van der Waals surface area contributed by atoms with Crippen LogP contribution in [-0.4, -0.2) is 17.4 Å². The van der Waals surface area contributed by atoms with Crippen LogP contribution in [0.4, 0.5) is 0 Å². The van der Waals surface area contributed by atoms with E-state index in [0.29, 0.717) is 5.11 Å². The lowest BCUT2D eigenvalue weighted by molar-refractivity contribution is 0.858. The van der Waals surface area contributed by atoms with Crippen molar-refractivity contribution in [3.63, 3.8) is 0 Å². The van der Waals surface area contributed by atoms with Crippen molar-refractivity contribution in [1.82, 2.24) is 10.6 Å². The summed E-state index contributed by atoms with van der Waals surface area (Å²) in [7, 11) is 0. The van der Waals surface area contributed by atoms with Gasteiger partial charge in [-0.05, 0) is 42.0 Å². The molecular weight excluding hydrogens is 364 g/mol. The molecule has 0 atom stereocenters. The largest absolute Gasteiger partial charge is 0.362 e. The molecule has 0 saturated heterocycles. The van der Waals surface area contributed by atoms with Crippen molar-refractivity contribution in [2.75, 3.05) is 12.3 Å². The third kappa shape index (κ3) is 6.50. The van der Waals surface area contributed by atoms with Crippen molar-refractivity contribution in [1.29, 1.82) is 0 Å². The molecule has 21 heavy (non-hydrogen) atoms. The second kappa shape index (κ2) is 9.07. The van der Waals surface area contributed by atoms with Gasteiger partial charge in [-0.1, -0.05) is 46.3 Å². The second-order valence-corrected chi connectivity index (χ2v) is 6.89. The van der Waals surface area contributed by atoms with E-state index in [2.05, 4.69) is 63.0 Å². The van der Waals surface area contributed by atoms with Gasteiger partial charge in [0.1, 0.15) is 0 Å². The standard InChI is InChI=1S/C16H17BrN2S2/c17-14-6-8-15(9-7-14)21-11-10-18-16(20)19-12-13-4-2-1-3-5-13/h1-9H,10-12H2,(H2,18,19,20). The lowest BCUT2D eigenvalue weighted by atomic mass is 10.2. The number of hydrogen-bond donors (Lipinski definition) is 2. The number of halogens is 1. The van der Waals surface area contributed by atoms with Crippen LogP contribution in [0, 0.1) is 0 Å². The third-order valence-corrected chi connectivity index (χ3v) is 4.60. The summed E-state index contributed by atoms with van der Waals surface area (Å²) < 4.78 is 1.11. The number of hydrogen-bond acceptors (Lipinski definition) is 2. The summed E-state index contributed by atoms with van der Waals surface area (Å²) in [6.07, 6.45) is 0. The van der Waals surface area contributed by atoms with Crippen molar-refractivity contribution in [2.45, 2.75) is 11.4 Å². The highest BCUT2D eigenvalue weighted by Crippen LogP contribution is 2.19. The average molecular weight is 381 g/mol. The molecule has 2 N–H and O–H groups in total. The molecular formula is C16H17BrN2S2. The van der Waals surface area contributed by atoms with E-state index in [0.717, 1.165) is 23.3 Å². The molecule has 0 bridgehead atoms. The highest BCUT2D eigenvalue weighted by molar-refractivity contribution is 9.10. The molecule has 2 aromatic carbocycles. The number of rotatable bonds is 6. The molecule has 2 rings (SSSR count). The predicted molar refractivity (Wildman–Crippen MR) is 98.7 cm³/mol. The molecule has 0 aliphatic rings. The molecule has 0 aliphatic carbocycles. The number of thiocarbonyl (C=S) groups is 1. The lowest BCUT2D eigenvalue weighted by Gasteiger charge is -2.10. The Kier molecular flexibility index (Phi) is 7.06. The van der Waals surface area contributed by atoms with Crippen LogP contribution in [0.25, 0.3) is 0 Å². The fourth-order valence-electron chi connectivity index (χ4n) is 1.70. The quantitative estimate of drug-likeness (QED) is 0.445. The van der Waals surface area contributed by atoms with E-state index >= 15 is 0 Å². The molecule has 2 aromatic rings. The van der Waals surface area contributed by atoms with Gasteiger partial charge >= 0.3 is 0 Å². The van der Waals surface area contributed by atoms with Gasteiger partial charge in [0, 0.05) is 28.2 Å². The molecule has 0 amide bonds. The van der Waals surface area contributed by atoms with Crippen LogP contribution >= 0.6 is 39.9 Å². The Bertz CT molecular complexity index is 558. The topological polar surface area (TPSA) is 24.1 Å². The smallest absolute Gasteiger partial charge is 0.166 e. The van der Waals surface area contributed by atoms with Crippen LogP contribution in [0.1, 0.15) is 5.56 Å². The Balaban J connectivity index is 1.60. The first kappa shape index (κ1) is 16.3. The van der Waals surface area contributed by atoms with Gasteiger partial charge in [-0.15, -0.1) is 11.8 Å². The van der Waals surface area contributed by atoms with Crippen molar-refractivity contribution >= 4 is 45.0 Å². The number of benzene rings is 2. The number of nitrogens with one attached hydrogen (secondary N) is 2. The van der Waals surface area contributed by atoms with E-state index in [1.165, 1.54) is 10.5 Å². The van der Waals surface area contributed by atoms with Gasteiger partial charge in [0.15, 0.2) is 5.11 Å². The molecule has 0 fully saturated rings. The van der Waals surface area contributed by atoms with Crippen LogP contribution in [0.2, 0.25) is 0 Å². The van der Waals surface area contributed by atoms with E-state index in [9.17, 15) is 0 Å². The van der Waals surface area contributed by atoms with Crippen LogP contribution in [-0.2, 0) is 6.54 Å². The van der Waals surface area contributed by atoms with E-state index in [1.807, 2.05) is 30.0 Å². The van der Waals surface area contributed by atoms with Gasteiger partial charge < -0.3 is 10.6 Å². The zero-order valence-corrected chi connectivity index (χ0v) is 14.7. The Morgan fingerprint density at radius 3 is 2.43 bits per heavy atom. The van der Waals surface area contributed by atoms with Crippen LogP contribution < -0.4 is 10.6 Å². The Labute approximate surface area is 143 Å². The summed E-state index contributed by atoms with van der Waals surface area (Å²) in [6, 6.07) is 18.6. The lowest BCUT2D eigenvalue weighted by Crippen LogP contribution is -2.35. The monoisotopic (exact) mass is 380 g/mol. The van der Waals surface area contributed by atoms with Gasteiger partial charge in [-0.3, -0.25) is 0 Å². The van der Waals surface area contributed by atoms with Crippen LogP contribution in [0.3, 0.4) is 0 Å². The predicted octanol–water partition coefficient (Wildman–Crippen LogP) is 4.21. The molecule has 0 spiro atoms. The van der Waals surface area contributed by atoms with Crippen LogP contribution in [0.15, 0.2) is 64.0 Å². The third-order valence-electron chi connectivity index (χ3n) is 2.77. The van der Waals surface area contributed by atoms with E-state index in [-0.39, 0.29) is 0 Å². The maximum Gasteiger partial charge on any atom is 0.166 e. The fraction of sp³-hybridized carbons (Fsp3) is 0.188. The highest BCUT2D eigenvalue weighted by atomic mass is 79.9. The Hall–Kier alpha value is -1.04. The SMILES string of the molecule is S=C(NCCSc1ccc(Br)cc1)NCc1ccccc1. The summed E-state index contributed by atoms with van der Waals surface area (Å²) in [4.78, 5) is 1.27. The first-order valence-electron chi connectivity index (χ1n) is 6.68.